The lowest BCUT2D eigenvalue weighted by Gasteiger charge is -2.14. The normalized spacial score (nSPS) is 13.6. The third-order valence-corrected chi connectivity index (χ3v) is 4.86. The second-order valence-corrected chi connectivity index (χ2v) is 6.75. The van der Waals surface area contributed by atoms with E-state index in [-0.39, 0.29) is 11.6 Å². The van der Waals surface area contributed by atoms with Crippen molar-refractivity contribution < 1.29 is 13.2 Å². The summed E-state index contributed by atoms with van der Waals surface area (Å²) < 4.78 is 41.4. The molecule has 0 bridgehead atoms. The Bertz CT molecular complexity index is 1140. The largest absolute Gasteiger partial charge is 0.433 e. The summed E-state index contributed by atoms with van der Waals surface area (Å²) in [7, 11) is 0. The van der Waals surface area contributed by atoms with E-state index >= 15 is 0 Å². The molecule has 5 nitrogen and oxygen atoms in total. The van der Waals surface area contributed by atoms with Gasteiger partial charge in [-0.2, -0.15) is 18.3 Å². The van der Waals surface area contributed by atoms with Crippen LogP contribution < -0.4 is 0 Å². The molecule has 3 aromatic heterocycles. The van der Waals surface area contributed by atoms with Crippen LogP contribution in [0.4, 0.5) is 13.2 Å². The first kappa shape index (κ1) is 17.5. The van der Waals surface area contributed by atoms with Gasteiger partial charge in [0.25, 0.3) is 0 Å². The van der Waals surface area contributed by atoms with Crippen LogP contribution in [0.15, 0.2) is 30.5 Å². The number of nitrogens with zero attached hydrogens (tertiary/aromatic N) is 4. The minimum Gasteiger partial charge on any atom is -0.280 e. The van der Waals surface area contributed by atoms with Gasteiger partial charge in [0.2, 0.25) is 0 Å². The van der Waals surface area contributed by atoms with Crippen LogP contribution in [0.3, 0.4) is 0 Å². The van der Waals surface area contributed by atoms with Crippen LogP contribution in [0, 0.1) is 6.92 Å². The fourth-order valence-electron chi connectivity index (χ4n) is 3.25. The van der Waals surface area contributed by atoms with Gasteiger partial charge in [-0.3, -0.25) is 9.67 Å². The zero-order valence-electron chi connectivity index (χ0n) is 15.1. The average Bonchev–Trinajstić information content (AvgIpc) is 3.23. The van der Waals surface area contributed by atoms with Gasteiger partial charge >= 0.3 is 6.18 Å². The lowest BCUT2D eigenvalue weighted by atomic mass is 10.1. The molecule has 140 valence electrons. The smallest absolute Gasteiger partial charge is 0.280 e. The maximum absolute atomic E-state index is 13.2. The van der Waals surface area contributed by atoms with Crippen molar-refractivity contribution in [1.29, 1.82) is 0 Å². The molecule has 0 spiro atoms. The molecule has 0 aliphatic heterocycles. The number of hydrogen-bond acceptors (Lipinski definition) is 3. The highest BCUT2D eigenvalue weighted by atomic mass is 19.4. The van der Waals surface area contributed by atoms with Crippen molar-refractivity contribution in [2.24, 2.45) is 0 Å². The van der Waals surface area contributed by atoms with Crippen LogP contribution in [-0.4, -0.2) is 24.7 Å². The maximum atomic E-state index is 13.2. The third kappa shape index (κ3) is 2.85. The van der Waals surface area contributed by atoms with E-state index in [0.29, 0.717) is 11.3 Å². The predicted octanol–water partition coefficient (Wildman–Crippen LogP) is 5.14. The fraction of sp³-hybridized carbons (Fsp3) is 0.316. The van der Waals surface area contributed by atoms with E-state index in [1.807, 2.05) is 32.9 Å². The van der Waals surface area contributed by atoms with E-state index in [2.05, 4.69) is 20.2 Å². The second kappa shape index (κ2) is 6.07. The Balaban J connectivity index is 2.05. The molecule has 1 unspecified atom stereocenters. The number of hydrogen-bond donors (Lipinski definition) is 1. The number of nitrogens with one attached hydrogen (secondary N) is 1. The first-order chi connectivity index (χ1) is 12.8. The standard InChI is InChI=1S/C19H18F3N5/c1-4-10(2)17-24-14-5-6-15(19(20,21)22)25-18(14)27(17)13-7-11(3)16-12(8-13)9-23-26-16/h5-10H,4H2,1-3H3,(H,23,26). The van der Waals surface area contributed by atoms with Gasteiger partial charge in [-0.25, -0.2) is 9.97 Å². The molecular weight excluding hydrogens is 355 g/mol. The molecule has 0 saturated carbocycles. The Labute approximate surface area is 153 Å². The molecule has 0 saturated heterocycles. The summed E-state index contributed by atoms with van der Waals surface area (Å²) in [5.74, 6) is 0.760. The van der Waals surface area contributed by atoms with Gasteiger partial charge in [0.05, 0.1) is 11.7 Å². The van der Waals surface area contributed by atoms with Gasteiger partial charge in [-0.1, -0.05) is 13.8 Å². The van der Waals surface area contributed by atoms with Crippen LogP contribution in [0.5, 0.6) is 0 Å². The van der Waals surface area contributed by atoms with Crippen LogP contribution >= 0.6 is 0 Å². The monoisotopic (exact) mass is 373 g/mol. The van der Waals surface area contributed by atoms with Gasteiger partial charge in [-0.15, -0.1) is 0 Å². The summed E-state index contributed by atoms with van der Waals surface area (Å²) in [6.45, 7) is 5.96. The van der Waals surface area contributed by atoms with Crippen molar-refractivity contribution in [2.75, 3.05) is 0 Å². The minimum atomic E-state index is -4.51. The molecule has 1 atom stereocenters. The van der Waals surface area contributed by atoms with Gasteiger partial charge in [0.1, 0.15) is 17.0 Å². The highest BCUT2D eigenvalue weighted by Gasteiger charge is 2.33. The summed E-state index contributed by atoms with van der Waals surface area (Å²) in [4.78, 5) is 8.50. The Kier molecular flexibility index (Phi) is 3.94. The quantitative estimate of drug-likeness (QED) is 0.541. The zero-order chi connectivity index (χ0) is 19.3. The summed E-state index contributed by atoms with van der Waals surface area (Å²) in [5, 5.41) is 7.87. The van der Waals surface area contributed by atoms with Gasteiger partial charge in [-0.05, 0) is 43.2 Å². The molecule has 1 aromatic carbocycles. The molecule has 27 heavy (non-hydrogen) atoms. The topological polar surface area (TPSA) is 59.4 Å². The van der Waals surface area contributed by atoms with Crippen molar-refractivity contribution in [2.45, 2.75) is 39.3 Å². The number of benzene rings is 1. The number of fused-ring (bicyclic) bond motifs is 2. The maximum Gasteiger partial charge on any atom is 0.433 e. The summed E-state index contributed by atoms with van der Waals surface area (Å²) in [6, 6.07) is 6.16. The Morgan fingerprint density at radius 2 is 1.96 bits per heavy atom. The van der Waals surface area contributed by atoms with Crippen molar-refractivity contribution in [3.63, 3.8) is 0 Å². The molecule has 0 aliphatic rings. The number of H-pyrrole nitrogens is 1. The number of aryl methyl sites for hydroxylation is 1. The van der Waals surface area contributed by atoms with Crippen LogP contribution in [-0.2, 0) is 6.18 Å². The Hall–Kier alpha value is -2.90. The van der Waals surface area contributed by atoms with Crippen molar-refractivity contribution in [3.8, 4) is 5.69 Å². The van der Waals surface area contributed by atoms with Crippen molar-refractivity contribution in [1.82, 2.24) is 24.7 Å². The van der Waals surface area contributed by atoms with Crippen molar-refractivity contribution >= 4 is 22.1 Å². The van der Waals surface area contributed by atoms with E-state index in [9.17, 15) is 13.2 Å². The first-order valence-electron chi connectivity index (χ1n) is 8.70. The Morgan fingerprint density at radius 1 is 1.19 bits per heavy atom. The Morgan fingerprint density at radius 3 is 2.67 bits per heavy atom. The van der Waals surface area contributed by atoms with Crippen LogP contribution in [0.1, 0.15) is 43.3 Å². The van der Waals surface area contributed by atoms with Crippen LogP contribution in [0.2, 0.25) is 0 Å². The summed E-state index contributed by atoms with van der Waals surface area (Å²) in [5.41, 5.74) is 2.31. The summed E-state index contributed by atoms with van der Waals surface area (Å²) in [6.07, 6.45) is -2.00. The highest BCUT2D eigenvalue weighted by Crippen LogP contribution is 2.33. The van der Waals surface area contributed by atoms with E-state index in [1.165, 1.54) is 6.07 Å². The SMILES string of the molecule is CCC(C)c1nc2ccc(C(F)(F)F)nc2n1-c1cc(C)c2[nH]ncc2c1. The molecule has 3 heterocycles. The number of halogens is 3. The first-order valence-corrected chi connectivity index (χ1v) is 8.70. The zero-order valence-corrected chi connectivity index (χ0v) is 15.1. The van der Waals surface area contributed by atoms with Gasteiger partial charge in [0.15, 0.2) is 5.65 Å². The fourth-order valence-corrected chi connectivity index (χ4v) is 3.25. The number of imidazole rings is 1. The molecule has 0 radical (unpaired) electrons. The minimum absolute atomic E-state index is 0.0638. The van der Waals surface area contributed by atoms with Gasteiger partial charge < -0.3 is 0 Å². The van der Waals surface area contributed by atoms with Crippen LogP contribution in [0.25, 0.3) is 27.8 Å². The van der Waals surface area contributed by atoms with E-state index in [1.54, 1.807) is 10.8 Å². The molecule has 1 N–H and O–H groups in total. The number of aromatic nitrogens is 5. The number of pyridine rings is 1. The number of alkyl halides is 3. The molecule has 0 aliphatic carbocycles. The van der Waals surface area contributed by atoms with E-state index in [4.69, 9.17) is 0 Å². The lowest BCUT2D eigenvalue weighted by Crippen LogP contribution is -2.10. The molecule has 4 rings (SSSR count). The van der Waals surface area contributed by atoms with Gasteiger partial charge in [0, 0.05) is 17.0 Å². The van der Waals surface area contributed by atoms with Crippen molar-refractivity contribution in [3.05, 3.63) is 47.5 Å². The molecule has 4 aromatic rings. The predicted molar refractivity (Wildman–Crippen MR) is 97.0 cm³/mol. The van der Waals surface area contributed by atoms with E-state index in [0.717, 1.165) is 34.6 Å². The average molecular weight is 373 g/mol. The number of aromatic amines is 1. The molecule has 8 heteroatoms. The molecular formula is C19H18F3N5. The molecule has 0 amide bonds. The second-order valence-electron chi connectivity index (χ2n) is 6.75. The summed E-state index contributed by atoms with van der Waals surface area (Å²) >= 11 is 0. The number of rotatable bonds is 3. The van der Waals surface area contributed by atoms with E-state index < -0.39 is 11.9 Å². The molecule has 0 fully saturated rings. The highest BCUT2D eigenvalue weighted by molar-refractivity contribution is 5.85. The third-order valence-electron chi connectivity index (χ3n) is 4.86. The lowest BCUT2D eigenvalue weighted by molar-refractivity contribution is -0.141.